The quantitative estimate of drug-likeness (QED) is 0.430. The van der Waals surface area contributed by atoms with Crippen molar-refractivity contribution in [2.75, 3.05) is 11.3 Å². The highest BCUT2D eigenvalue weighted by molar-refractivity contribution is 7.92. The van der Waals surface area contributed by atoms with Gasteiger partial charge in [0, 0.05) is 36.2 Å². The van der Waals surface area contributed by atoms with E-state index in [1.165, 1.54) is 24.4 Å². The second-order valence-electron chi connectivity index (χ2n) is 7.25. The lowest BCUT2D eigenvalue weighted by Crippen LogP contribution is -2.47. The number of fused-ring (bicyclic) bond motifs is 1. The Balaban J connectivity index is 1.55. The topological polar surface area (TPSA) is 120 Å². The summed E-state index contributed by atoms with van der Waals surface area (Å²) in [5.41, 5.74) is 0.447. The minimum absolute atomic E-state index is 0.0385. The zero-order valence-corrected chi connectivity index (χ0v) is 18.7. The highest BCUT2D eigenvalue weighted by Gasteiger charge is 2.24. The van der Waals surface area contributed by atoms with Crippen molar-refractivity contribution in [3.8, 4) is 0 Å². The smallest absolute Gasteiger partial charge is 0.264 e. The van der Waals surface area contributed by atoms with E-state index in [0.29, 0.717) is 27.4 Å². The predicted molar refractivity (Wildman–Crippen MR) is 119 cm³/mol. The number of anilines is 1. The number of piperidine rings is 1. The van der Waals surface area contributed by atoms with Crippen LogP contribution in [0.25, 0.3) is 10.9 Å². The Morgan fingerprint density at radius 3 is 2.62 bits per heavy atom. The molecule has 1 saturated heterocycles. The van der Waals surface area contributed by atoms with Gasteiger partial charge in [-0.1, -0.05) is 23.2 Å². The number of sulfonamides is 1. The molecule has 0 unspecified atom stereocenters. The summed E-state index contributed by atoms with van der Waals surface area (Å²) in [7, 11) is -4.33. The third kappa shape index (κ3) is 4.38. The summed E-state index contributed by atoms with van der Waals surface area (Å²) in [4.78, 5) is 25.8. The SMILES string of the molecule is O=C1CC[C@H](NC(=O)c2ccc(S(=O)(=O)Nc3ccc(Cl)c4c(Cl)c[nH]c34)c(F)c2)CN1. The molecular weight excluding hydrogens is 482 g/mol. The van der Waals surface area contributed by atoms with Crippen molar-refractivity contribution in [3.05, 3.63) is 58.0 Å². The van der Waals surface area contributed by atoms with Crippen LogP contribution in [0.4, 0.5) is 10.1 Å². The Morgan fingerprint density at radius 2 is 1.94 bits per heavy atom. The van der Waals surface area contributed by atoms with Gasteiger partial charge in [-0.2, -0.15) is 0 Å². The number of amides is 2. The summed E-state index contributed by atoms with van der Waals surface area (Å²) in [6.45, 7) is 0.280. The molecule has 32 heavy (non-hydrogen) atoms. The number of nitrogens with one attached hydrogen (secondary N) is 4. The number of carbonyl (C=O) groups is 2. The van der Waals surface area contributed by atoms with E-state index in [2.05, 4.69) is 20.3 Å². The van der Waals surface area contributed by atoms with Crippen LogP contribution in [0, 0.1) is 5.82 Å². The number of aromatic amines is 1. The van der Waals surface area contributed by atoms with Gasteiger partial charge in [-0.25, -0.2) is 12.8 Å². The van der Waals surface area contributed by atoms with Crippen molar-refractivity contribution in [1.29, 1.82) is 0 Å². The molecule has 8 nitrogen and oxygen atoms in total. The number of hydrogen-bond donors (Lipinski definition) is 4. The maximum atomic E-state index is 14.7. The lowest BCUT2D eigenvalue weighted by atomic mass is 10.1. The first-order valence-electron chi connectivity index (χ1n) is 9.51. The zero-order valence-electron chi connectivity index (χ0n) is 16.3. The summed E-state index contributed by atoms with van der Waals surface area (Å²) in [5, 5.41) is 6.40. The summed E-state index contributed by atoms with van der Waals surface area (Å²) in [5.74, 6) is -1.75. The van der Waals surface area contributed by atoms with E-state index >= 15 is 0 Å². The molecule has 4 N–H and O–H groups in total. The highest BCUT2D eigenvalue weighted by Crippen LogP contribution is 2.35. The number of rotatable bonds is 5. The molecule has 1 aliphatic heterocycles. The van der Waals surface area contributed by atoms with E-state index in [-0.39, 0.29) is 36.2 Å². The summed E-state index contributed by atoms with van der Waals surface area (Å²) < 4.78 is 42.7. The second-order valence-corrected chi connectivity index (χ2v) is 9.71. The largest absolute Gasteiger partial charge is 0.358 e. The van der Waals surface area contributed by atoms with E-state index in [4.69, 9.17) is 23.2 Å². The Kier molecular flexibility index (Phi) is 6.02. The summed E-state index contributed by atoms with van der Waals surface area (Å²) >= 11 is 12.2. The van der Waals surface area contributed by atoms with Gasteiger partial charge in [-0.05, 0) is 36.8 Å². The molecule has 0 bridgehead atoms. The Hall–Kier alpha value is -2.82. The maximum absolute atomic E-state index is 14.7. The monoisotopic (exact) mass is 498 g/mol. The molecular formula is C20H17Cl2FN4O4S. The van der Waals surface area contributed by atoms with Crippen LogP contribution in [0.3, 0.4) is 0 Å². The first-order valence-corrected chi connectivity index (χ1v) is 11.7. The van der Waals surface area contributed by atoms with Crippen molar-refractivity contribution in [1.82, 2.24) is 15.6 Å². The lowest BCUT2D eigenvalue weighted by Gasteiger charge is -2.23. The Morgan fingerprint density at radius 1 is 1.16 bits per heavy atom. The average molecular weight is 499 g/mol. The van der Waals surface area contributed by atoms with Gasteiger partial charge in [0.05, 0.1) is 21.2 Å². The van der Waals surface area contributed by atoms with Gasteiger partial charge < -0.3 is 15.6 Å². The molecule has 1 aromatic heterocycles. The third-order valence-corrected chi connectivity index (χ3v) is 7.08. The molecule has 1 aliphatic rings. The van der Waals surface area contributed by atoms with Crippen LogP contribution in [0.15, 0.2) is 41.4 Å². The molecule has 3 aromatic rings. The normalized spacial score (nSPS) is 16.6. The molecule has 2 amide bonds. The number of H-pyrrole nitrogens is 1. The second kappa shape index (κ2) is 8.61. The molecule has 2 aromatic carbocycles. The first-order chi connectivity index (χ1) is 15.2. The Bertz CT molecular complexity index is 1330. The van der Waals surface area contributed by atoms with E-state index in [1.54, 1.807) is 0 Å². The van der Waals surface area contributed by atoms with Crippen LogP contribution in [0.1, 0.15) is 23.2 Å². The fourth-order valence-electron chi connectivity index (χ4n) is 3.44. The van der Waals surface area contributed by atoms with Crippen LogP contribution < -0.4 is 15.4 Å². The molecule has 12 heteroatoms. The van der Waals surface area contributed by atoms with E-state index < -0.39 is 26.6 Å². The fourth-order valence-corrected chi connectivity index (χ4v) is 5.13. The van der Waals surface area contributed by atoms with Gasteiger partial charge in [0.15, 0.2) is 0 Å². The first kappa shape index (κ1) is 22.4. The third-order valence-electron chi connectivity index (χ3n) is 5.07. The lowest BCUT2D eigenvalue weighted by molar-refractivity contribution is -0.122. The molecule has 0 radical (unpaired) electrons. The molecule has 0 saturated carbocycles. The highest BCUT2D eigenvalue weighted by atomic mass is 35.5. The van der Waals surface area contributed by atoms with Crippen molar-refractivity contribution >= 4 is 61.6 Å². The van der Waals surface area contributed by atoms with E-state index in [1.807, 2.05) is 0 Å². The molecule has 1 fully saturated rings. The molecule has 0 spiro atoms. The fraction of sp³-hybridized carbons (Fsp3) is 0.200. The van der Waals surface area contributed by atoms with Gasteiger partial charge in [0.1, 0.15) is 10.7 Å². The average Bonchev–Trinajstić information content (AvgIpc) is 3.14. The van der Waals surface area contributed by atoms with Gasteiger partial charge in [0.25, 0.3) is 15.9 Å². The number of carbonyl (C=O) groups excluding carboxylic acids is 2. The van der Waals surface area contributed by atoms with Crippen LogP contribution in [-0.2, 0) is 14.8 Å². The Labute approximate surface area is 192 Å². The van der Waals surface area contributed by atoms with Crippen molar-refractivity contribution in [2.24, 2.45) is 0 Å². The van der Waals surface area contributed by atoms with Crippen LogP contribution in [-0.4, -0.2) is 37.8 Å². The maximum Gasteiger partial charge on any atom is 0.264 e. The standard InChI is InChI=1S/C20H17Cl2FN4O4S/c21-12-3-4-15(19-18(12)13(22)9-25-19)27-32(30,31)16-5-1-10(7-14(16)23)20(29)26-11-2-6-17(28)24-8-11/h1,3-5,7,9,11,25,27H,2,6,8H2,(H,24,28)(H,26,29)/t11-/m0/s1. The number of aromatic nitrogens is 1. The number of halogens is 3. The minimum atomic E-state index is -4.33. The van der Waals surface area contributed by atoms with E-state index in [0.717, 1.165) is 12.1 Å². The van der Waals surface area contributed by atoms with Gasteiger partial charge in [-0.15, -0.1) is 0 Å². The van der Waals surface area contributed by atoms with Crippen molar-refractivity contribution < 1.29 is 22.4 Å². The molecule has 1 atom stereocenters. The zero-order chi connectivity index (χ0) is 23.0. The number of hydrogen-bond acceptors (Lipinski definition) is 4. The van der Waals surface area contributed by atoms with Crippen molar-refractivity contribution in [2.45, 2.75) is 23.8 Å². The van der Waals surface area contributed by atoms with Gasteiger partial charge in [0.2, 0.25) is 5.91 Å². The molecule has 2 heterocycles. The molecule has 4 rings (SSSR count). The van der Waals surface area contributed by atoms with Gasteiger partial charge >= 0.3 is 0 Å². The predicted octanol–water partition coefficient (Wildman–Crippen LogP) is 3.42. The summed E-state index contributed by atoms with van der Waals surface area (Å²) in [6.07, 6.45) is 2.21. The van der Waals surface area contributed by atoms with Crippen LogP contribution >= 0.6 is 23.2 Å². The number of benzene rings is 2. The molecule has 168 valence electrons. The van der Waals surface area contributed by atoms with Crippen LogP contribution in [0.2, 0.25) is 10.0 Å². The minimum Gasteiger partial charge on any atom is -0.358 e. The van der Waals surface area contributed by atoms with E-state index in [9.17, 15) is 22.4 Å². The molecule has 0 aliphatic carbocycles. The van der Waals surface area contributed by atoms with Crippen LogP contribution in [0.5, 0.6) is 0 Å². The van der Waals surface area contributed by atoms with Gasteiger partial charge in [-0.3, -0.25) is 14.3 Å². The summed E-state index contributed by atoms with van der Waals surface area (Å²) in [6, 6.07) is 5.71. The van der Waals surface area contributed by atoms with Crippen molar-refractivity contribution in [3.63, 3.8) is 0 Å².